The first-order valence-corrected chi connectivity index (χ1v) is 9.32. The van der Waals surface area contributed by atoms with E-state index >= 15 is 0 Å². The average molecular weight is 484 g/mol. The van der Waals surface area contributed by atoms with Crippen molar-refractivity contribution in [3.05, 3.63) is 0 Å². The molecular weight excluding hydrogens is 456 g/mol. The summed E-state index contributed by atoms with van der Waals surface area (Å²) in [5, 5.41) is 17.8. The zero-order chi connectivity index (χ0) is 17.9. The second-order valence-corrected chi connectivity index (χ2v) is 8.19. The normalized spacial score (nSPS) is 12.0. The van der Waals surface area contributed by atoms with E-state index in [-0.39, 0.29) is 13.2 Å². The van der Waals surface area contributed by atoms with Crippen LogP contribution in [-0.4, -0.2) is 99.5 Å². The molecule has 0 aliphatic carbocycles. The van der Waals surface area contributed by atoms with Crippen LogP contribution in [0.4, 0.5) is 0 Å². The van der Waals surface area contributed by atoms with E-state index < -0.39 is 3.42 Å². The van der Waals surface area contributed by atoms with Gasteiger partial charge in [-0.1, -0.05) is 0 Å². The third-order valence-electron chi connectivity index (χ3n) is 2.37. The topological polar surface area (TPSA) is 95.8 Å². The summed E-state index contributed by atoms with van der Waals surface area (Å²) in [7, 11) is 0. The lowest BCUT2D eigenvalue weighted by atomic mass is 10.6. The second-order valence-electron chi connectivity index (χ2n) is 4.50. The number of aliphatic hydroxyl groups is 2. The average Bonchev–Trinajstić information content (AvgIpc) is 2.52. The Morgan fingerprint density at radius 2 is 0.833 bits per heavy atom. The number of aliphatic hydroxyl groups excluding tert-OH is 1. The summed E-state index contributed by atoms with van der Waals surface area (Å²) in [4.78, 5) is 0. The molecule has 0 aromatic rings. The van der Waals surface area contributed by atoms with Gasteiger partial charge in [0.25, 0.3) is 0 Å². The van der Waals surface area contributed by atoms with Crippen molar-refractivity contribution < 1.29 is 38.6 Å². The number of rotatable bonds is 19. The Labute approximate surface area is 159 Å². The van der Waals surface area contributed by atoms with Crippen LogP contribution in [0.25, 0.3) is 0 Å². The Morgan fingerprint density at radius 1 is 0.542 bits per heavy atom. The van der Waals surface area contributed by atoms with Crippen LogP contribution in [0.3, 0.4) is 0 Å². The Balaban J connectivity index is 3.00. The van der Waals surface area contributed by atoms with Crippen LogP contribution in [0.2, 0.25) is 0 Å². The summed E-state index contributed by atoms with van der Waals surface area (Å²) in [5.74, 6) is 0. The third kappa shape index (κ3) is 22.6. The van der Waals surface area contributed by atoms with E-state index in [9.17, 15) is 5.11 Å². The minimum absolute atomic E-state index is 0.0283. The fourth-order valence-electron chi connectivity index (χ4n) is 1.36. The highest BCUT2D eigenvalue weighted by Crippen LogP contribution is 2.21. The third-order valence-corrected chi connectivity index (χ3v) is 2.83. The molecule has 0 spiro atoms. The molecule has 0 bridgehead atoms. The maximum Gasteiger partial charge on any atom is 0.198 e. The maximum atomic E-state index is 9.27. The van der Waals surface area contributed by atoms with Crippen molar-refractivity contribution in [2.75, 3.05) is 85.9 Å². The molecular formula is C14H28Br2O8. The van der Waals surface area contributed by atoms with Crippen LogP contribution in [0.1, 0.15) is 0 Å². The first-order chi connectivity index (χ1) is 11.6. The molecule has 0 saturated heterocycles. The smallest absolute Gasteiger partial charge is 0.198 e. The molecule has 0 saturated carbocycles. The molecule has 8 nitrogen and oxygen atoms in total. The van der Waals surface area contributed by atoms with Crippen LogP contribution < -0.4 is 0 Å². The van der Waals surface area contributed by atoms with Crippen LogP contribution in [0.15, 0.2) is 0 Å². The van der Waals surface area contributed by atoms with Gasteiger partial charge in [0.1, 0.15) is 0 Å². The predicted molar refractivity (Wildman–Crippen MR) is 94.8 cm³/mol. The highest BCUT2D eigenvalue weighted by Gasteiger charge is 2.16. The Morgan fingerprint density at radius 3 is 1.12 bits per heavy atom. The van der Waals surface area contributed by atoms with Gasteiger partial charge < -0.3 is 38.6 Å². The summed E-state index contributed by atoms with van der Waals surface area (Å²) >= 11 is 5.96. The van der Waals surface area contributed by atoms with Gasteiger partial charge in [-0.15, -0.1) is 0 Å². The largest absolute Gasteiger partial charge is 0.394 e. The fraction of sp³-hybridized carbons (Fsp3) is 1.00. The van der Waals surface area contributed by atoms with Gasteiger partial charge in [0, 0.05) is 0 Å². The van der Waals surface area contributed by atoms with Gasteiger partial charge >= 0.3 is 0 Å². The predicted octanol–water partition coefficient (Wildman–Crippen LogP) is 0.514. The van der Waals surface area contributed by atoms with Crippen molar-refractivity contribution in [1.82, 2.24) is 0 Å². The molecule has 10 heteroatoms. The second kappa shape index (κ2) is 18.4. The van der Waals surface area contributed by atoms with E-state index in [1.165, 1.54) is 0 Å². The van der Waals surface area contributed by atoms with Crippen molar-refractivity contribution in [3.63, 3.8) is 0 Å². The lowest BCUT2D eigenvalue weighted by molar-refractivity contribution is -0.0209. The molecule has 2 N–H and O–H groups in total. The van der Waals surface area contributed by atoms with Gasteiger partial charge in [0.05, 0.1) is 85.9 Å². The zero-order valence-electron chi connectivity index (χ0n) is 13.8. The van der Waals surface area contributed by atoms with Crippen LogP contribution >= 0.6 is 31.9 Å². The molecule has 0 radical (unpaired) electrons. The molecule has 146 valence electrons. The summed E-state index contributed by atoms with van der Waals surface area (Å²) in [5.41, 5.74) is 0. The van der Waals surface area contributed by atoms with Crippen molar-refractivity contribution in [2.24, 2.45) is 0 Å². The number of halogens is 2. The monoisotopic (exact) mass is 482 g/mol. The maximum absolute atomic E-state index is 9.27. The molecule has 0 aromatic heterocycles. The lowest BCUT2D eigenvalue weighted by Gasteiger charge is -2.13. The molecule has 0 unspecified atom stereocenters. The van der Waals surface area contributed by atoms with E-state index in [1.54, 1.807) is 0 Å². The molecule has 0 heterocycles. The van der Waals surface area contributed by atoms with Crippen molar-refractivity contribution in [2.45, 2.75) is 3.42 Å². The van der Waals surface area contributed by atoms with Crippen LogP contribution in [0, 0.1) is 0 Å². The SMILES string of the molecule is OCCOCCOCCOCCOCCOCCOCC(O)(Br)Br. The molecule has 0 atom stereocenters. The highest BCUT2D eigenvalue weighted by atomic mass is 79.9. The summed E-state index contributed by atoms with van der Waals surface area (Å²) in [6.45, 7) is 5.28. The summed E-state index contributed by atoms with van der Waals surface area (Å²) in [6, 6.07) is 0. The molecule has 0 amide bonds. The fourth-order valence-corrected chi connectivity index (χ4v) is 1.68. The van der Waals surface area contributed by atoms with Gasteiger partial charge in [0.15, 0.2) is 3.42 Å². The Kier molecular flexibility index (Phi) is 18.9. The van der Waals surface area contributed by atoms with Crippen LogP contribution in [0.5, 0.6) is 0 Å². The summed E-state index contributed by atoms with van der Waals surface area (Å²) < 4.78 is 30.2. The highest BCUT2D eigenvalue weighted by molar-refractivity contribution is 9.25. The minimum atomic E-state index is -1.18. The van der Waals surface area contributed by atoms with E-state index in [4.69, 9.17) is 33.5 Å². The first kappa shape index (κ1) is 24.6. The number of hydrogen-bond acceptors (Lipinski definition) is 8. The zero-order valence-corrected chi connectivity index (χ0v) is 17.0. The number of alkyl halides is 2. The molecule has 0 aromatic carbocycles. The molecule has 0 aliphatic rings. The van der Waals surface area contributed by atoms with Crippen molar-refractivity contribution in [1.29, 1.82) is 0 Å². The van der Waals surface area contributed by atoms with Gasteiger partial charge in [-0.25, -0.2) is 0 Å². The van der Waals surface area contributed by atoms with E-state index in [0.29, 0.717) is 72.7 Å². The Hall–Kier alpha value is 0.640. The van der Waals surface area contributed by atoms with Gasteiger partial charge in [-0.05, 0) is 31.9 Å². The molecule has 0 fully saturated rings. The van der Waals surface area contributed by atoms with Gasteiger partial charge in [-0.3, -0.25) is 0 Å². The van der Waals surface area contributed by atoms with Crippen molar-refractivity contribution in [3.8, 4) is 0 Å². The van der Waals surface area contributed by atoms with Gasteiger partial charge in [0.2, 0.25) is 0 Å². The summed E-state index contributed by atoms with van der Waals surface area (Å²) in [6.07, 6.45) is 0. The molecule has 0 aliphatic heterocycles. The standard InChI is InChI=1S/C14H28Br2O8/c15-14(16,18)13-24-12-11-23-10-9-22-8-7-21-6-5-20-4-3-19-2-1-17/h17-18H,1-13H2. The quantitative estimate of drug-likeness (QED) is 0.203. The van der Waals surface area contributed by atoms with Crippen molar-refractivity contribution >= 4 is 31.9 Å². The van der Waals surface area contributed by atoms with Crippen LogP contribution in [-0.2, 0) is 28.4 Å². The van der Waals surface area contributed by atoms with E-state index in [0.717, 1.165) is 0 Å². The van der Waals surface area contributed by atoms with E-state index in [2.05, 4.69) is 31.9 Å². The Bertz CT molecular complexity index is 253. The molecule has 0 rings (SSSR count). The minimum Gasteiger partial charge on any atom is -0.394 e. The number of ether oxygens (including phenoxy) is 6. The van der Waals surface area contributed by atoms with E-state index in [1.807, 2.05) is 0 Å². The first-order valence-electron chi connectivity index (χ1n) is 7.74. The van der Waals surface area contributed by atoms with Gasteiger partial charge in [-0.2, -0.15) is 0 Å². The lowest BCUT2D eigenvalue weighted by Crippen LogP contribution is -2.20. The number of hydrogen-bond donors (Lipinski definition) is 2. The molecule has 24 heavy (non-hydrogen) atoms.